The summed E-state index contributed by atoms with van der Waals surface area (Å²) in [5.74, 6) is 1.96. The molecule has 14 heteroatoms. The Balaban J connectivity index is 0.000000206. The second kappa shape index (κ2) is 20.3. The lowest BCUT2D eigenvalue weighted by atomic mass is 9.86. The fourth-order valence-electron chi connectivity index (χ4n) is 6.18. The van der Waals surface area contributed by atoms with Gasteiger partial charge in [0.05, 0.1) is 18.8 Å². The zero-order valence-corrected chi connectivity index (χ0v) is 30.4. The highest BCUT2D eigenvalue weighted by atomic mass is 16.5. The van der Waals surface area contributed by atoms with Gasteiger partial charge in [-0.3, -0.25) is 14.9 Å². The van der Waals surface area contributed by atoms with Gasteiger partial charge in [0, 0.05) is 62.1 Å². The number of anilines is 1. The number of unbranched alkanes of at least 4 members (excludes halogenated alkanes) is 2. The lowest BCUT2D eigenvalue weighted by molar-refractivity contribution is -0.142. The molecule has 53 heavy (non-hydrogen) atoms. The molecule has 6 rings (SSSR count). The molecule has 4 heterocycles. The number of pyridine rings is 1. The number of hydrogen-bond donors (Lipinski definition) is 4. The summed E-state index contributed by atoms with van der Waals surface area (Å²) in [6.07, 6.45) is 11.1. The number of nitrogens with one attached hydrogen (secondary N) is 2. The van der Waals surface area contributed by atoms with E-state index in [1.807, 2.05) is 36.4 Å². The predicted molar refractivity (Wildman–Crippen MR) is 200 cm³/mol. The SMILES string of the molecule is CN1CCC(Nc2cccc(C(N)=O)c2)(c2nc(-c3ccncc3)n[nH]2)CC1.O=C(O)COCCCOCCCCCOc1ccc2c(c1)CCCO2. The third-order valence-electron chi connectivity index (χ3n) is 9.13. The molecule has 2 aliphatic rings. The number of benzene rings is 2. The van der Waals surface area contributed by atoms with Crippen molar-refractivity contribution in [2.24, 2.45) is 5.73 Å². The molecule has 2 aromatic heterocycles. The molecule has 4 aromatic rings. The van der Waals surface area contributed by atoms with Crippen LogP contribution in [0, 0.1) is 0 Å². The number of primary amides is 1. The van der Waals surface area contributed by atoms with Gasteiger partial charge in [-0.05, 0) is 113 Å². The van der Waals surface area contributed by atoms with Gasteiger partial charge in [0.2, 0.25) is 5.91 Å². The molecule has 1 saturated heterocycles. The van der Waals surface area contributed by atoms with Crippen molar-refractivity contribution in [1.82, 2.24) is 25.1 Å². The zero-order chi connectivity index (χ0) is 37.3. The first kappa shape index (κ1) is 39.2. The normalized spacial score (nSPS) is 15.0. The van der Waals surface area contributed by atoms with E-state index in [-0.39, 0.29) is 6.61 Å². The van der Waals surface area contributed by atoms with E-state index in [1.165, 1.54) is 5.56 Å². The summed E-state index contributed by atoms with van der Waals surface area (Å²) in [6.45, 7) is 4.88. The molecule has 0 atom stereocenters. The van der Waals surface area contributed by atoms with Gasteiger partial charge in [0.15, 0.2) is 11.6 Å². The van der Waals surface area contributed by atoms with E-state index < -0.39 is 17.4 Å². The highest BCUT2D eigenvalue weighted by Crippen LogP contribution is 2.35. The number of fused-ring (bicyclic) bond motifs is 1. The van der Waals surface area contributed by atoms with Crippen LogP contribution in [0.3, 0.4) is 0 Å². The molecule has 0 unspecified atom stereocenters. The van der Waals surface area contributed by atoms with E-state index in [9.17, 15) is 9.59 Å². The molecule has 1 amide bonds. The number of aryl methyl sites for hydroxylation is 1. The van der Waals surface area contributed by atoms with E-state index >= 15 is 0 Å². The Bertz CT molecular complexity index is 1730. The number of likely N-dealkylation sites (tertiary alicyclic amines) is 1. The molecule has 0 spiro atoms. The van der Waals surface area contributed by atoms with Crippen LogP contribution in [0.25, 0.3) is 11.4 Å². The number of rotatable bonds is 18. The van der Waals surface area contributed by atoms with Crippen LogP contribution in [0.15, 0.2) is 67.0 Å². The highest BCUT2D eigenvalue weighted by Gasteiger charge is 2.38. The first-order valence-corrected chi connectivity index (χ1v) is 18.3. The number of H-pyrrole nitrogens is 1. The molecule has 0 aliphatic carbocycles. The standard InChI is InChI=1S/C20H23N7O.C19H28O6/c1-27-11-7-20(8-12-27,24-16-4-2-3-15(13-16)17(21)28)19-23-18(25-26-19)14-5-9-22-10-6-14;20-19(21)15-23-11-5-10-22-9-2-1-3-12-24-17-7-8-18-16(14-17)6-4-13-25-18/h2-6,9-10,13,24H,7-8,11-12H2,1H3,(H2,21,28)(H,23,25,26);7-8,14H,1-6,9-13,15H2,(H,20,21). The fourth-order valence-corrected chi connectivity index (χ4v) is 6.18. The summed E-state index contributed by atoms with van der Waals surface area (Å²) in [4.78, 5) is 32.9. The number of aliphatic carboxylic acids is 1. The van der Waals surface area contributed by atoms with Gasteiger partial charge in [-0.25, -0.2) is 9.78 Å². The number of nitrogens with two attached hydrogens (primary N) is 1. The Kier molecular flexibility index (Phi) is 15.0. The Morgan fingerprint density at radius 2 is 1.75 bits per heavy atom. The molecule has 1 fully saturated rings. The van der Waals surface area contributed by atoms with Crippen molar-refractivity contribution in [3.05, 3.63) is 83.9 Å². The first-order chi connectivity index (χ1) is 25.8. The second-order valence-corrected chi connectivity index (χ2v) is 13.2. The molecule has 0 bridgehead atoms. The summed E-state index contributed by atoms with van der Waals surface area (Å²) in [6, 6.07) is 17.1. The van der Waals surface area contributed by atoms with Gasteiger partial charge in [-0.1, -0.05) is 6.07 Å². The number of piperidine rings is 1. The van der Waals surface area contributed by atoms with Gasteiger partial charge in [0.25, 0.3) is 0 Å². The summed E-state index contributed by atoms with van der Waals surface area (Å²) < 4.78 is 21.8. The Labute approximate surface area is 310 Å². The first-order valence-electron chi connectivity index (χ1n) is 18.3. The van der Waals surface area contributed by atoms with Crippen LogP contribution in [-0.2, 0) is 26.2 Å². The van der Waals surface area contributed by atoms with Gasteiger partial charge in [0.1, 0.15) is 18.1 Å². The Hall–Kier alpha value is -5.05. The van der Waals surface area contributed by atoms with Gasteiger partial charge < -0.3 is 40.0 Å². The maximum Gasteiger partial charge on any atom is 0.329 e. The van der Waals surface area contributed by atoms with Crippen LogP contribution >= 0.6 is 0 Å². The third-order valence-corrected chi connectivity index (χ3v) is 9.13. The lowest BCUT2D eigenvalue weighted by Gasteiger charge is -2.40. The van der Waals surface area contributed by atoms with Crippen molar-refractivity contribution in [3.63, 3.8) is 0 Å². The van der Waals surface area contributed by atoms with E-state index in [0.29, 0.717) is 31.2 Å². The quantitative estimate of drug-likeness (QED) is 0.0999. The smallest absolute Gasteiger partial charge is 0.329 e. The number of nitrogens with zero attached hydrogens (tertiary/aromatic N) is 4. The van der Waals surface area contributed by atoms with Crippen LogP contribution in [0.2, 0.25) is 0 Å². The van der Waals surface area contributed by atoms with Crippen LogP contribution in [0.5, 0.6) is 11.5 Å². The molecule has 2 aromatic carbocycles. The number of carbonyl (C=O) groups excluding carboxylic acids is 1. The van der Waals surface area contributed by atoms with Crippen molar-refractivity contribution in [2.75, 3.05) is 65.1 Å². The van der Waals surface area contributed by atoms with Gasteiger partial charge >= 0.3 is 5.97 Å². The number of aromatic nitrogens is 4. The van der Waals surface area contributed by atoms with Crippen molar-refractivity contribution in [1.29, 1.82) is 0 Å². The molecule has 0 saturated carbocycles. The van der Waals surface area contributed by atoms with E-state index in [4.69, 9.17) is 34.8 Å². The van der Waals surface area contributed by atoms with Gasteiger partial charge in [-0.15, -0.1) is 0 Å². The average Bonchev–Trinajstić information content (AvgIpc) is 3.68. The van der Waals surface area contributed by atoms with Crippen LogP contribution in [0.1, 0.15) is 66.7 Å². The number of ether oxygens (including phenoxy) is 4. The minimum absolute atomic E-state index is 0.239. The largest absolute Gasteiger partial charge is 0.494 e. The number of hydrogen-bond acceptors (Lipinski definition) is 11. The maximum absolute atomic E-state index is 11.6. The van der Waals surface area contributed by atoms with E-state index in [2.05, 4.69) is 38.5 Å². The van der Waals surface area contributed by atoms with Gasteiger partial charge in [-0.2, -0.15) is 5.10 Å². The minimum atomic E-state index is -0.938. The minimum Gasteiger partial charge on any atom is -0.494 e. The fraction of sp³-hybridized carbons (Fsp3) is 0.462. The summed E-state index contributed by atoms with van der Waals surface area (Å²) in [5.41, 5.74) is 8.50. The predicted octanol–water partition coefficient (Wildman–Crippen LogP) is 5.07. The number of amides is 1. The molecule has 5 N–H and O–H groups in total. The molecule has 14 nitrogen and oxygen atoms in total. The third kappa shape index (κ3) is 12.3. The van der Waals surface area contributed by atoms with E-state index in [1.54, 1.807) is 24.5 Å². The molecular formula is C39H51N7O7. The Morgan fingerprint density at radius 3 is 2.55 bits per heavy atom. The van der Waals surface area contributed by atoms with Crippen molar-refractivity contribution in [3.8, 4) is 22.9 Å². The number of carboxylic acids is 1. The Morgan fingerprint density at radius 1 is 0.981 bits per heavy atom. The van der Waals surface area contributed by atoms with Crippen LogP contribution in [-0.4, -0.2) is 102 Å². The molecule has 0 radical (unpaired) electrons. The topological polar surface area (TPSA) is 187 Å². The summed E-state index contributed by atoms with van der Waals surface area (Å²) >= 11 is 0. The monoisotopic (exact) mass is 729 g/mol. The number of carbonyl (C=O) groups is 2. The van der Waals surface area contributed by atoms with Crippen molar-refractivity contribution >= 4 is 17.6 Å². The van der Waals surface area contributed by atoms with Crippen LogP contribution in [0.4, 0.5) is 5.69 Å². The zero-order valence-electron chi connectivity index (χ0n) is 30.4. The molecule has 284 valence electrons. The maximum atomic E-state index is 11.6. The number of carboxylic acid groups (broad SMARTS) is 1. The average molecular weight is 730 g/mol. The molecule has 2 aliphatic heterocycles. The van der Waals surface area contributed by atoms with Crippen molar-refractivity contribution < 1.29 is 33.6 Å². The van der Waals surface area contributed by atoms with E-state index in [0.717, 1.165) is 106 Å². The highest BCUT2D eigenvalue weighted by molar-refractivity contribution is 5.93. The second-order valence-electron chi connectivity index (χ2n) is 13.2. The molecular weight excluding hydrogens is 678 g/mol. The van der Waals surface area contributed by atoms with Crippen molar-refractivity contribution in [2.45, 2.75) is 56.9 Å². The summed E-state index contributed by atoms with van der Waals surface area (Å²) in [7, 11) is 2.11. The summed E-state index contributed by atoms with van der Waals surface area (Å²) in [5, 5.41) is 19.6. The lowest BCUT2D eigenvalue weighted by Crippen LogP contribution is -2.46. The van der Waals surface area contributed by atoms with Crippen LogP contribution < -0.4 is 20.5 Å². The number of aromatic amines is 1.